The van der Waals surface area contributed by atoms with Crippen molar-refractivity contribution in [1.29, 1.82) is 0 Å². The van der Waals surface area contributed by atoms with Crippen LogP contribution in [0.4, 0.5) is 0 Å². The van der Waals surface area contributed by atoms with Gasteiger partial charge in [0, 0.05) is 32.9 Å². The lowest BCUT2D eigenvalue weighted by Gasteiger charge is -2.18. The molecule has 0 bridgehead atoms. The van der Waals surface area contributed by atoms with Crippen LogP contribution < -0.4 is 0 Å². The molecular formula is C22H19BrN2. The molecule has 0 unspecified atom stereocenters. The molecule has 0 spiro atoms. The van der Waals surface area contributed by atoms with Gasteiger partial charge in [0.15, 0.2) is 0 Å². The molecule has 4 aromatic rings. The van der Waals surface area contributed by atoms with Crippen molar-refractivity contribution in [3.63, 3.8) is 0 Å². The zero-order valence-corrected chi connectivity index (χ0v) is 15.6. The first-order valence-electron chi connectivity index (χ1n) is 8.95. The number of para-hydroxylation sites is 1. The zero-order chi connectivity index (χ0) is 16.8. The second-order valence-electron chi connectivity index (χ2n) is 6.91. The summed E-state index contributed by atoms with van der Waals surface area (Å²) in [5, 5.41) is 2.75. The number of aromatic nitrogens is 2. The maximum absolute atomic E-state index is 5.11. The monoisotopic (exact) mass is 390 g/mol. The summed E-state index contributed by atoms with van der Waals surface area (Å²) in [5.74, 6) is 0. The summed E-state index contributed by atoms with van der Waals surface area (Å²) in [6, 6.07) is 17.2. The predicted octanol–water partition coefficient (Wildman–Crippen LogP) is 5.95. The predicted molar refractivity (Wildman–Crippen MR) is 107 cm³/mol. The number of nitrogens with one attached hydrogen (secondary N) is 1. The highest BCUT2D eigenvalue weighted by molar-refractivity contribution is 9.10. The Labute approximate surface area is 155 Å². The number of rotatable bonds is 2. The van der Waals surface area contributed by atoms with Crippen molar-refractivity contribution in [2.45, 2.75) is 32.1 Å². The summed E-state index contributed by atoms with van der Waals surface area (Å²) in [6.07, 6.45) is 5.65. The summed E-state index contributed by atoms with van der Waals surface area (Å²) in [5.41, 5.74) is 7.70. The number of aromatic amines is 1. The second-order valence-corrected chi connectivity index (χ2v) is 7.83. The van der Waals surface area contributed by atoms with E-state index in [2.05, 4.69) is 69.4 Å². The third-order valence-electron chi connectivity index (χ3n) is 5.29. The van der Waals surface area contributed by atoms with E-state index < -0.39 is 0 Å². The number of H-pyrrole nitrogens is 1. The van der Waals surface area contributed by atoms with Crippen LogP contribution in [0.2, 0.25) is 0 Å². The summed E-state index contributed by atoms with van der Waals surface area (Å²) in [4.78, 5) is 8.77. The number of benzene rings is 2. The number of halogens is 1. The van der Waals surface area contributed by atoms with E-state index in [0.717, 1.165) is 23.7 Å². The van der Waals surface area contributed by atoms with Crippen molar-refractivity contribution < 1.29 is 0 Å². The van der Waals surface area contributed by atoms with E-state index in [1.165, 1.54) is 57.2 Å². The number of hydrogen-bond donors (Lipinski definition) is 1. The van der Waals surface area contributed by atoms with Crippen molar-refractivity contribution in [3.05, 3.63) is 75.5 Å². The Morgan fingerprint density at radius 3 is 2.64 bits per heavy atom. The molecule has 1 N–H and O–H groups in total. The molecule has 0 amide bonds. The Morgan fingerprint density at radius 1 is 0.960 bits per heavy atom. The lowest BCUT2D eigenvalue weighted by molar-refractivity contribution is 0.670. The molecule has 5 rings (SSSR count). The Balaban J connectivity index is 1.76. The molecule has 0 atom stereocenters. The Hall–Kier alpha value is -2.13. The van der Waals surface area contributed by atoms with Crippen molar-refractivity contribution in [2.75, 3.05) is 0 Å². The minimum absolute atomic E-state index is 0.865. The summed E-state index contributed by atoms with van der Waals surface area (Å²) in [7, 11) is 0. The Kier molecular flexibility index (Phi) is 3.63. The van der Waals surface area contributed by atoms with Gasteiger partial charge in [0.1, 0.15) is 0 Å². The summed E-state index contributed by atoms with van der Waals surface area (Å²) >= 11 is 3.52. The SMILES string of the molecule is Brc1ccc(Cc2nc3c(c4c2[nH]c2ccccc24)CCCC3)cc1. The van der Waals surface area contributed by atoms with Gasteiger partial charge in [-0.2, -0.15) is 0 Å². The van der Waals surface area contributed by atoms with Gasteiger partial charge in [-0.25, -0.2) is 0 Å². The normalized spacial score (nSPS) is 14.1. The van der Waals surface area contributed by atoms with Gasteiger partial charge in [0.05, 0.1) is 11.2 Å². The largest absolute Gasteiger partial charge is 0.353 e. The molecule has 25 heavy (non-hydrogen) atoms. The molecule has 2 aromatic carbocycles. The smallest absolute Gasteiger partial charge is 0.0691 e. The third-order valence-corrected chi connectivity index (χ3v) is 5.82. The van der Waals surface area contributed by atoms with E-state index >= 15 is 0 Å². The molecule has 0 fully saturated rings. The first-order valence-corrected chi connectivity index (χ1v) is 9.74. The van der Waals surface area contributed by atoms with E-state index in [9.17, 15) is 0 Å². The second kappa shape index (κ2) is 5.99. The number of pyridine rings is 1. The molecule has 3 heteroatoms. The molecule has 0 saturated carbocycles. The van der Waals surface area contributed by atoms with Gasteiger partial charge in [-0.15, -0.1) is 0 Å². The van der Waals surface area contributed by atoms with Gasteiger partial charge >= 0.3 is 0 Å². The van der Waals surface area contributed by atoms with Gasteiger partial charge in [0.25, 0.3) is 0 Å². The van der Waals surface area contributed by atoms with Crippen LogP contribution in [0.15, 0.2) is 53.0 Å². The van der Waals surface area contributed by atoms with E-state index in [4.69, 9.17) is 4.98 Å². The number of hydrogen-bond acceptors (Lipinski definition) is 1. The zero-order valence-electron chi connectivity index (χ0n) is 14.0. The first-order chi connectivity index (χ1) is 12.3. The van der Waals surface area contributed by atoms with Crippen LogP contribution in [0.1, 0.15) is 35.4 Å². The molecule has 1 aliphatic carbocycles. The van der Waals surface area contributed by atoms with Gasteiger partial charge in [-0.05, 0) is 55.0 Å². The molecule has 124 valence electrons. The maximum atomic E-state index is 5.11. The fourth-order valence-electron chi connectivity index (χ4n) is 4.10. The number of nitrogens with zero attached hydrogens (tertiary/aromatic N) is 1. The number of aryl methyl sites for hydroxylation is 2. The van der Waals surface area contributed by atoms with Crippen molar-refractivity contribution in [2.24, 2.45) is 0 Å². The van der Waals surface area contributed by atoms with Gasteiger partial charge in [-0.3, -0.25) is 4.98 Å². The number of fused-ring (bicyclic) bond motifs is 5. The lowest BCUT2D eigenvalue weighted by Crippen LogP contribution is -2.08. The first kappa shape index (κ1) is 15.2. The van der Waals surface area contributed by atoms with Crippen LogP contribution >= 0.6 is 15.9 Å². The highest BCUT2D eigenvalue weighted by Gasteiger charge is 2.20. The Morgan fingerprint density at radius 2 is 1.76 bits per heavy atom. The molecule has 0 aliphatic heterocycles. The molecule has 2 heterocycles. The fourth-order valence-corrected chi connectivity index (χ4v) is 4.36. The highest BCUT2D eigenvalue weighted by atomic mass is 79.9. The van der Waals surface area contributed by atoms with Crippen LogP contribution in [0, 0.1) is 0 Å². The van der Waals surface area contributed by atoms with E-state index in [0.29, 0.717) is 0 Å². The van der Waals surface area contributed by atoms with E-state index in [1.807, 2.05) is 0 Å². The average molecular weight is 391 g/mol. The van der Waals surface area contributed by atoms with E-state index in [1.54, 1.807) is 0 Å². The highest BCUT2D eigenvalue weighted by Crippen LogP contribution is 2.35. The standard InChI is InChI=1S/C22H19BrN2/c23-15-11-9-14(10-12-15)13-20-22-21(16-5-1-3-7-18(16)24-20)17-6-2-4-8-19(17)25-22/h2,4,6,8-12,25H,1,3,5,7,13H2. The van der Waals surface area contributed by atoms with Crippen LogP contribution in [0.25, 0.3) is 21.8 Å². The van der Waals surface area contributed by atoms with Crippen LogP contribution in [-0.2, 0) is 19.3 Å². The quantitative estimate of drug-likeness (QED) is 0.450. The fraction of sp³-hybridized carbons (Fsp3) is 0.227. The minimum Gasteiger partial charge on any atom is -0.353 e. The minimum atomic E-state index is 0.865. The van der Waals surface area contributed by atoms with Crippen molar-refractivity contribution >= 4 is 37.7 Å². The lowest BCUT2D eigenvalue weighted by atomic mass is 9.91. The molecular weight excluding hydrogens is 372 g/mol. The summed E-state index contributed by atoms with van der Waals surface area (Å²) < 4.78 is 1.12. The van der Waals surface area contributed by atoms with Gasteiger partial charge in [0.2, 0.25) is 0 Å². The Bertz CT molecular complexity index is 1080. The molecule has 2 nitrogen and oxygen atoms in total. The van der Waals surface area contributed by atoms with Crippen LogP contribution in [0.5, 0.6) is 0 Å². The average Bonchev–Trinajstić information content (AvgIpc) is 3.04. The topological polar surface area (TPSA) is 28.7 Å². The third kappa shape index (κ3) is 2.58. The van der Waals surface area contributed by atoms with Gasteiger partial charge in [-0.1, -0.05) is 46.3 Å². The molecule has 2 aromatic heterocycles. The molecule has 1 aliphatic rings. The van der Waals surface area contributed by atoms with Crippen molar-refractivity contribution in [3.8, 4) is 0 Å². The van der Waals surface area contributed by atoms with Crippen LogP contribution in [0.3, 0.4) is 0 Å². The molecule has 0 saturated heterocycles. The molecule has 0 radical (unpaired) electrons. The van der Waals surface area contributed by atoms with Gasteiger partial charge < -0.3 is 4.98 Å². The maximum Gasteiger partial charge on any atom is 0.0691 e. The van der Waals surface area contributed by atoms with E-state index in [-0.39, 0.29) is 0 Å². The van der Waals surface area contributed by atoms with Crippen molar-refractivity contribution in [1.82, 2.24) is 9.97 Å². The summed E-state index contributed by atoms with van der Waals surface area (Å²) in [6.45, 7) is 0. The van der Waals surface area contributed by atoms with Crippen LogP contribution in [-0.4, -0.2) is 9.97 Å².